The molecule has 0 radical (unpaired) electrons. The fourth-order valence-electron chi connectivity index (χ4n) is 2.04. The Bertz CT molecular complexity index is 421. The number of amides is 1. The number of carbonyl (C=O) groups excluding carboxylic acids is 1. The number of hydrogen-bond donors (Lipinski definition) is 2. The molecule has 0 saturated heterocycles. The number of nitrogens with one attached hydrogen (secondary N) is 1. The highest BCUT2D eigenvalue weighted by Gasteiger charge is 2.24. The van der Waals surface area contributed by atoms with E-state index in [1.54, 1.807) is 6.92 Å². The average molecular weight is 275 g/mol. The zero-order valence-electron chi connectivity index (χ0n) is 9.57. The van der Waals surface area contributed by atoms with Crippen LogP contribution in [0.4, 0.5) is 0 Å². The molecule has 1 aliphatic rings. The number of nitrogens with two attached hydrogens (primary N) is 1. The highest BCUT2D eigenvalue weighted by Crippen LogP contribution is 2.32. The molecule has 1 unspecified atom stereocenters. The summed E-state index contributed by atoms with van der Waals surface area (Å²) >= 11 is 5.92. The van der Waals surface area contributed by atoms with Gasteiger partial charge in [-0.05, 0) is 43.0 Å². The lowest BCUT2D eigenvalue weighted by molar-refractivity contribution is -0.122. The lowest BCUT2D eigenvalue weighted by atomic mass is 10.1. The van der Waals surface area contributed by atoms with Crippen LogP contribution in [0, 0.1) is 0 Å². The Morgan fingerprint density at radius 1 is 1.59 bits per heavy atom. The monoisotopic (exact) mass is 274 g/mol. The summed E-state index contributed by atoms with van der Waals surface area (Å²) in [4.78, 5) is 11.5. The van der Waals surface area contributed by atoms with Crippen molar-refractivity contribution in [1.29, 1.82) is 0 Å². The number of carbonyl (C=O) groups is 1. The Balaban J connectivity index is 0.00000144. The smallest absolute Gasteiger partial charge is 0.237 e. The molecule has 0 bridgehead atoms. The van der Waals surface area contributed by atoms with Gasteiger partial charge in [0.15, 0.2) is 0 Å². The molecular formula is C12H16Cl2N2O. The van der Waals surface area contributed by atoms with Crippen molar-refractivity contribution in [3.8, 4) is 0 Å². The quantitative estimate of drug-likeness (QED) is 0.869. The first-order chi connectivity index (χ1) is 7.58. The van der Waals surface area contributed by atoms with Gasteiger partial charge in [0, 0.05) is 5.02 Å². The zero-order valence-corrected chi connectivity index (χ0v) is 11.1. The van der Waals surface area contributed by atoms with E-state index < -0.39 is 6.04 Å². The molecule has 1 aliphatic carbocycles. The van der Waals surface area contributed by atoms with Crippen molar-refractivity contribution in [2.24, 2.45) is 5.73 Å². The Kier molecular flexibility index (Phi) is 4.80. The van der Waals surface area contributed by atoms with E-state index in [0.29, 0.717) is 0 Å². The standard InChI is InChI=1S/C12H15ClN2O.ClH/c1-7(14)12(16)15-11-5-2-8-6-9(13)3-4-10(8)11;/h3-4,6-7,11H,2,5,14H2,1H3,(H,15,16);1H/t7-,11?;/m1./s1. The van der Waals surface area contributed by atoms with Crippen molar-refractivity contribution in [3.63, 3.8) is 0 Å². The van der Waals surface area contributed by atoms with Gasteiger partial charge in [0.2, 0.25) is 5.91 Å². The van der Waals surface area contributed by atoms with Crippen LogP contribution >= 0.6 is 24.0 Å². The van der Waals surface area contributed by atoms with Gasteiger partial charge >= 0.3 is 0 Å². The van der Waals surface area contributed by atoms with E-state index in [0.717, 1.165) is 17.9 Å². The van der Waals surface area contributed by atoms with Gasteiger partial charge in [0.05, 0.1) is 12.1 Å². The van der Waals surface area contributed by atoms with Crippen LogP contribution in [-0.4, -0.2) is 11.9 Å². The van der Waals surface area contributed by atoms with Crippen molar-refractivity contribution in [3.05, 3.63) is 34.3 Å². The van der Waals surface area contributed by atoms with Crippen LogP contribution in [0.2, 0.25) is 5.02 Å². The van der Waals surface area contributed by atoms with E-state index in [1.807, 2.05) is 18.2 Å². The van der Waals surface area contributed by atoms with Gasteiger partial charge in [-0.1, -0.05) is 17.7 Å². The normalized spacial score (nSPS) is 19.1. The molecular weight excluding hydrogens is 259 g/mol. The number of benzene rings is 1. The number of hydrogen-bond acceptors (Lipinski definition) is 2. The summed E-state index contributed by atoms with van der Waals surface area (Å²) in [5, 5.41) is 3.70. The van der Waals surface area contributed by atoms with Gasteiger partial charge in [-0.3, -0.25) is 4.79 Å². The lowest BCUT2D eigenvalue weighted by Crippen LogP contribution is -2.39. The highest BCUT2D eigenvalue weighted by atomic mass is 35.5. The summed E-state index contributed by atoms with van der Waals surface area (Å²) in [6, 6.07) is 5.43. The minimum atomic E-state index is -0.462. The third kappa shape index (κ3) is 3.12. The van der Waals surface area contributed by atoms with Crippen molar-refractivity contribution in [2.45, 2.75) is 31.8 Å². The van der Waals surface area contributed by atoms with Crippen LogP contribution in [0.1, 0.15) is 30.5 Å². The first-order valence-electron chi connectivity index (χ1n) is 5.42. The first-order valence-corrected chi connectivity index (χ1v) is 5.80. The minimum absolute atomic E-state index is 0. The summed E-state index contributed by atoms with van der Waals surface area (Å²) in [7, 11) is 0. The maximum atomic E-state index is 11.5. The van der Waals surface area contributed by atoms with Crippen LogP contribution in [0.15, 0.2) is 18.2 Å². The summed E-state index contributed by atoms with van der Waals surface area (Å²) in [5.41, 5.74) is 7.91. The van der Waals surface area contributed by atoms with Gasteiger partial charge in [0.1, 0.15) is 0 Å². The van der Waals surface area contributed by atoms with Gasteiger partial charge in [0.25, 0.3) is 0 Å². The van der Waals surface area contributed by atoms with Crippen LogP contribution < -0.4 is 11.1 Å². The Morgan fingerprint density at radius 3 is 2.94 bits per heavy atom. The van der Waals surface area contributed by atoms with E-state index in [2.05, 4.69) is 5.32 Å². The topological polar surface area (TPSA) is 55.1 Å². The van der Waals surface area contributed by atoms with Gasteiger partial charge in [-0.2, -0.15) is 0 Å². The molecule has 3 nitrogen and oxygen atoms in total. The van der Waals surface area contributed by atoms with Crippen molar-refractivity contribution in [1.82, 2.24) is 5.32 Å². The maximum Gasteiger partial charge on any atom is 0.237 e. The number of aryl methyl sites for hydroxylation is 1. The van der Waals surface area contributed by atoms with Crippen molar-refractivity contribution >= 4 is 29.9 Å². The molecule has 3 N–H and O–H groups in total. The molecule has 0 heterocycles. The average Bonchev–Trinajstić information content (AvgIpc) is 2.60. The van der Waals surface area contributed by atoms with Crippen molar-refractivity contribution < 1.29 is 4.79 Å². The molecule has 0 aliphatic heterocycles. The lowest BCUT2D eigenvalue weighted by Gasteiger charge is -2.15. The summed E-state index contributed by atoms with van der Waals surface area (Å²) in [6.45, 7) is 1.69. The second-order valence-electron chi connectivity index (χ2n) is 4.23. The molecule has 2 rings (SSSR count). The van der Waals surface area contributed by atoms with Crippen molar-refractivity contribution in [2.75, 3.05) is 0 Å². The van der Waals surface area contributed by atoms with Crippen LogP contribution in [-0.2, 0) is 11.2 Å². The molecule has 1 amide bonds. The predicted octanol–water partition coefficient (Wildman–Crippen LogP) is 2.21. The SMILES string of the molecule is C[C@@H](N)C(=O)NC1CCc2cc(Cl)ccc21.Cl. The van der Waals surface area contributed by atoms with Crippen LogP contribution in [0.5, 0.6) is 0 Å². The van der Waals surface area contributed by atoms with Gasteiger partial charge in [-0.15, -0.1) is 12.4 Å². The van der Waals surface area contributed by atoms with E-state index >= 15 is 0 Å². The first kappa shape index (κ1) is 14.3. The second kappa shape index (κ2) is 5.71. The van der Waals surface area contributed by atoms with Crippen LogP contribution in [0.3, 0.4) is 0 Å². The minimum Gasteiger partial charge on any atom is -0.348 e. The molecule has 0 spiro atoms. The molecule has 17 heavy (non-hydrogen) atoms. The highest BCUT2D eigenvalue weighted by molar-refractivity contribution is 6.30. The molecule has 0 fully saturated rings. The maximum absolute atomic E-state index is 11.5. The molecule has 0 aromatic heterocycles. The van der Waals surface area contributed by atoms with E-state index in [-0.39, 0.29) is 24.4 Å². The summed E-state index contributed by atoms with van der Waals surface area (Å²) in [5.74, 6) is -0.104. The largest absolute Gasteiger partial charge is 0.348 e. The Hall–Kier alpha value is -0.770. The van der Waals surface area contributed by atoms with E-state index in [4.69, 9.17) is 17.3 Å². The molecule has 1 aromatic carbocycles. The summed E-state index contributed by atoms with van der Waals surface area (Å²) in [6.07, 6.45) is 1.88. The fourth-order valence-corrected chi connectivity index (χ4v) is 2.23. The summed E-state index contributed by atoms with van der Waals surface area (Å²) < 4.78 is 0. The second-order valence-corrected chi connectivity index (χ2v) is 4.67. The molecule has 5 heteroatoms. The van der Waals surface area contributed by atoms with Crippen LogP contribution in [0.25, 0.3) is 0 Å². The molecule has 1 aromatic rings. The van der Waals surface area contributed by atoms with E-state index in [1.165, 1.54) is 11.1 Å². The van der Waals surface area contributed by atoms with Gasteiger partial charge in [-0.25, -0.2) is 0 Å². The zero-order chi connectivity index (χ0) is 11.7. The Morgan fingerprint density at radius 2 is 2.29 bits per heavy atom. The molecule has 0 saturated carbocycles. The van der Waals surface area contributed by atoms with E-state index in [9.17, 15) is 4.79 Å². The number of halogens is 2. The fraction of sp³-hybridized carbons (Fsp3) is 0.417. The number of rotatable bonds is 2. The van der Waals surface area contributed by atoms with Gasteiger partial charge < -0.3 is 11.1 Å². The third-order valence-electron chi connectivity index (χ3n) is 2.91. The Labute approximate surface area is 112 Å². The third-order valence-corrected chi connectivity index (χ3v) is 3.15. The molecule has 2 atom stereocenters. The predicted molar refractivity (Wildman–Crippen MR) is 71.6 cm³/mol. The number of fused-ring (bicyclic) bond motifs is 1. The molecule has 94 valence electrons.